The number of carbonyl (C=O) groups is 1. The van der Waals surface area contributed by atoms with E-state index in [9.17, 15) is 18.3 Å². The number of phenols is 1. The Hall–Kier alpha value is -3.79. The van der Waals surface area contributed by atoms with E-state index in [2.05, 4.69) is 38.9 Å². The van der Waals surface area contributed by atoms with Crippen LogP contribution in [0, 0.1) is 0 Å². The van der Waals surface area contributed by atoms with E-state index in [0.717, 1.165) is 44.5 Å². The van der Waals surface area contributed by atoms with E-state index < -0.39 is 16.1 Å². The van der Waals surface area contributed by atoms with Crippen LogP contribution in [0.25, 0.3) is 10.8 Å². The number of fused-ring (bicyclic) bond motifs is 1. The number of hydrogen-bond acceptors (Lipinski definition) is 6. The van der Waals surface area contributed by atoms with Gasteiger partial charge in [0, 0.05) is 42.8 Å². The molecule has 0 saturated carbocycles. The van der Waals surface area contributed by atoms with Crippen molar-refractivity contribution in [2.45, 2.75) is 36.6 Å². The molecule has 5 rings (SSSR count). The second-order valence-corrected chi connectivity index (χ2v) is 12.2. The van der Waals surface area contributed by atoms with Gasteiger partial charge in [0.15, 0.2) is 0 Å². The number of carbonyl (C=O) groups excluding carboxylic acids is 1. The molecule has 41 heavy (non-hydrogen) atoms. The van der Waals surface area contributed by atoms with Gasteiger partial charge in [-0.2, -0.15) is 4.72 Å². The van der Waals surface area contributed by atoms with Crippen LogP contribution in [0.15, 0.2) is 96.2 Å². The molecule has 9 heteroatoms. The summed E-state index contributed by atoms with van der Waals surface area (Å²) in [5.41, 5.74) is 2.08. The zero-order valence-electron chi connectivity index (χ0n) is 23.0. The summed E-state index contributed by atoms with van der Waals surface area (Å²) in [6.07, 6.45) is 6.23. The number of nitrogens with zero attached hydrogens (tertiary/aromatic N) is 3. The van der Waals surface area contributed by atoms with E-state index >= 15 is 0 Å². The maximum absolute atomic E-state index is 13.9. The summed E-state index contributed by atoms with van der Waals surface area (Å²) in [6, 6.07) is 22.7. The van der Waals surface area contributed by atoms with Gasteiger partial charge in [0.1, 0.15) is 11.8 Å². The summed E-state index contributed by atoms with van der Waals surface area (Å²) < 4.78 is 30.1. The first-order valence-electron chi connectivity index (χ1n) is 14.1. The topological polar surface area (TPSA) is 103 Å². The van der Waals surface area contributed by atoms with Crippen LogP contribution in [0.1, 0.15) is 24.0 Å². The fraction of sp³-hybridized carbons (Fsp3) is 0.312. The summed E-state index contributed by atoms with van der Waals surface area (Å²) in [6.45, 7) is 3.71. The van der Waals surface area contributed by atoms with E-state index in [1.807, 2.05) is 12.1 Å². The fourth-order valence-electron chi connectivity index (χ4n) is 5.41. The Balaban J connectivity index is 1.30. The van der Waals surface area contributed by atoms with E-state index in [1.54, 1.807) is 59.8 Å². The largest absolute Gasteiger partial charge is 0.508 e. The molecule has 214 valence electrons. The molecule has 1 aliphatic heterocycles. The number of pyridine rings is 1. The molecule has 1 atom stereocenters. The van der Waals surface area contributed by atoms with Gasteiger partial charge >= 0.3 is 0 Å². The molecular weight excluding hydrogens is 536 g/mol. The molecule has 2 heterocycles. The molecular formula is C32H36N4O4S. The van der Waals surface area contributed by atoms with Crippen molar-refractivity contribution in [3.05, 3.63) is 102 Å². The Morgan fingerprint density at radius 2 is 1.71 bits per heavy atom. The number of aryl methyl sites for hydroxylation is 1. The predicted octanol–water partition coefficient (Wildman–Crippen LogP) is 4.00. The Kier molecular flexibility index (Phi) is 9.28. The van der Waals surface area contributed by atoms with Crippen LogP contribution in [0.5, 0.6) is 5.75 Å². The molecule has 1 aliphatic rings. The maximum Gasteiger partial charge on any atom is 0.241 e. The molecule has 2 N–H and O–H groups in total. The van der Waals surface area contributed by atoms with Crippen molar-refractivity contribution in [2.75, 3.05) is 32.7 Å². The van der Waals surface area contributed by atoms with Crippen LogP contribution in [0.2, 0.25) is 0 Å². The number of aromatic nitrogens is 1. The lowest BCUT2D eigenvalue weighted by Crippen LogP contribution is -2.50. The van der Waals surface area contributed by atoms with Gasteiger partial charge < -0.3 is 14.9 Å². The first-order valence-corrected chi connectivity index (χ1v) is 15.6. The lowest BCUT2D eigenvalue weighted by molar-refractivity contribution is -0.132. The Bertz CT molecular complexity index is 1560. The second kappa shape index (κ2) is 13.2. The highest BCUT2D eigenvalue weighted by Gasteiger charge is 2.31. The number of amides is 1. The number of hydrogen-bond donors (Lipinski definition) is 2. The van der Waals surface area contributed by atoms with E-state index in [-0.39, 0.29) is 23.0 Å². The molecule has 0 bridgehead atoms. The van der Waals surface area contributed by atoms with Crippen LogP contribution in [-0.2, 0) is 27.7 Å². The number of phenolic OH excluding ortho intramolecular Hbond substituents is 1. The van der Waals surface area contributed by atoms with Gasteiger partial charge in [-0.3, -0.25) is 9.78 Å². The first kappa shape index (κ1) is 28.7. The number of rotatable bonds is 10. The maximum atomic E-state index is 13.9. The van der Waals surface area contributed by atoms with Crippen LogP contribution >= 0.6 is 0 Å². The molecule has 0 aliphatic carbocycles. The van der Waals surface area contributed by atoms with Crippen molar-refractivity contribution < 1.29 is 18.3 Å². The van der Waals surface area contributed by atoms with Crippen LogP contribution < -0.4 is 4.72 Å². The summed E-state index contributed by atoms with van der Waals surface area (Å²) >= 11 is 0. The monoisotopic (exact) mass is 572 g/mol. The molecule has 0 unspecified atom stereocenters. The van der Waals surface area contributed by atoms with Gasteiger partial charge in [-0.15, -0.1) is 0 Å². The van der Waals surface area contributed by atoms with E-state index in [1.165, 1.54) is 5.56 Å². The highest BCUT2D eigenvalue weighted by Crippen LogP contribution is 2.23. The first-order chi connectivity index (χ1) is 19.9. The van der Waals surface area contributed by atoms with Gasteiger partial charge in [-0.1, -0.05) is 54.6 Å². The average molecular weight is 573 g/mol. The third-order valence-corrected chi connectivity index (χ3v) is 9.11. The number of nitrogens with one attached hydrogen (secondary N) is 1. The quantitative estimate of drug-likeness (QED) is 0.298. The highest BCUT2D eigenvalue weighted by molar-refractivity contribution is 7.89. The third-order valence-electron chi connectivity index (χ3n) is 7.58. The Morgan fingerprint density at radius 1 is 0.902 bits per heavy atom. The van der Waals surface area contributed by atoms with E-state index in [4.69, 9.17) is 0 Å². The van der Waals surface area contributed by atoms with Gasteiger partial charge in [-0.25, -0.2) is 8.42 Å². The Morgan fingerprint density at radius 3 is 2.51 bits per heavy atom. The number of benzene rings is 3. The molecule has 4 aromatic rings. The molecule has 1 fully saturated rings. The fourth-order valence-corrected chi connectivity index (χ4v) is 6.83. The van der Waals surface area contributed by atoms with Crippen molar-refractivity contribution in [3.63, 3.8) is 0 Å². The molecule has 8 nitrogen and oxygen atoms in total. The molecule has 1 amide bonds. The van der Waals surface area contributed by atoms with Crippen molar-refractivity contribution in [1.29, 1.82) is 0 Å². The van der Waals surface area contributed by atoms with E-state index in [0.29, 0.717) is 23.9 Å². The van der Waals surface area contributed by atoms with Crippen molar-refractivity contribution in [2.24, 2.45) is 0 Å². The lowest BCUT2D eigenvalue weighted by Gasteiger charge is -2.27. The molecule has 0 radical (unpaired) electrons. The van der Waals surface area contributed by atoms with Crippen LogP contribution in [-0.4, -0.2) is 73.0 Å². The average Bonchev–Trinajstić information content (AvgIpc) is 3.23. The minimum absolute atomic E-state index is 0.112. The minimum atomic E-state index is -4.04. The summed E-state index contributed by atoms with van der Waals surface area (Å²) in [5, 5.41) is 11.0. The third kappa shape index (κ3) is 7.49. The second-order valence-electron chi connectivity index (χ2n) is 10.5. The van der Waals surface area contributed by atoms with Crippen molar-refractivity contribution in [1.82, 2.24) is 19.5 Å². The van der Waals surface area contributed by atoms with Crippen LogP contribution in [0.3, 0.4) is 0 Å². The molecule has 3 aromatic carbocycles. The van der Waals surface area contributed by atoms with Crippen LogP contribution in [0.4, 0.5) is 0 Å². The van der Waals surface area contributed by atoms with Crippen molar-refractivity contribution >= 4 is 26.7 Å². The molecule has 0 spiro atoms. The molecule has 1 aromatic heterocycles. The summed E-state index contributed by atoms with van der Waals surface area (Å²) in [4.78, 5) is 22.3. The molecule has 1 saturated heterocycles. The SMILES string of the molecule is O=C([C@H](Cc1ccc(O)cc1)NS(=O)(=O)c1cccc2cnccc12)N1CCCN(CCCc2ccccc2)CC1. The van der Waals surface area contributed by atoms with Gasteiger partial charge in [0.25, 0.3) is 0 Å². The summed E-state index contributed by atoms with van der Waals surface area (Å²) in [7, 11) is -4.04. The van der Waals surface area contributed by atoms with Crippen molar-refractivity contribution in [3.8, 4) is 5.75 Å². The van der Waals surface area contributed by atoms with Gasteiger partial charge in [0.2, 0.25) is 15.9 Å². The Labute approximate surface area is 241 Å². The standard InChI is InChI=1S/C32H36N4O4S/c37-28-14-12-26(13-15-28)23-30(34-41(39,40)31-11-4-10-27-24-33-17-16-29(27)31)32(38)36-20-6-19-35(21-22-36)18-5-9-25-7-2-1-3-8-25/h1-4,7-8,10-17,24,30,34,37H,5-6,9,18-23H2/t30-/m0/s1. The number of sulfonamides is 1. The smallest absolute Gasteiger partial charge is 0.241 e. The number of aromatic hydroxyl groups is 1. The normalized spacial score (nSPS) is 15.5. The minimum Gasteiger partial charge on any atom is -0.508 e. The highest BCUT2D eigenvalue weighted by atomic mass is 32.2. The predicted molar refractivity (Wildman–Crippen MR) is 160 cm³/mol. The lowest BCUT2D eigenvalue weighted by atomic mass is 10.1. The van der Waals surface area contributed by atoms with Gasteiger partial charge in [0.05, 0.1) is 4.90 Å². The zero-order valence-corrected chi connectivity index (χ0v) is 23.8. The van der Waals surface area contributed by atoms with Gasteiger partial charge in [-0.05, 0) is 74.2 Å². The summed E-state index contributed by atoms with van der Waals surface area (Å²) in [5.74, 6) is -0.129. The zero-order chi connectivity index (χ0) is 28.7.